The molecule has 1 saturated carbocycles. The van der Waals surface area contributed by atoms with Gasteiger partial charge in [0, 0.05) is 18.2 Å². The Morgan fingerprint density at radius 1 is 1.75 bits per heavy atom. The molecule has 1 heterocycles. The topological polar surface area (TPSA) is 59.1 Å². The third-order valence-corrected chi connectivity index (χ3v) is 4.86. The number of aliphatic hydroxyl groups excluding tert-OH is 1. The SMILES string of the molecule is CCC1CCC(CN)(C(O)c2cncs2)C1. The predicted octanol–water partition coefficient (Wildman–Crippen LogP) is 2.33. The first-order chi connectivity index (χ1) is 7.72. The van der Waals surface area contributed by atoms with Crippen LogP contribution in [0.25, 0.3) is 0 Å². The summed E-state index contributed by atoms with van der Waals surface area (Å²) >= 11 is 1.52. The molecule has 1 aromatic heterocycles. The van der Waals surface area contributed by atoms with Crippen LogP contribution >= 0.6 is 11.3 Å². The maximum absolute atomic E-state index is 10.5. The van der Waals surface area contributed by atoms with Crippen LogP contribution in [0.3, 0.4) is 0 Å². The van der Waals surface area contributed by atoms with Gasteiger partial charge in [0.05, 0.1) is 16.5 Å². The van der Waals surface area contributed by atoms with Crippen molar-refractivity contribution in [1.82, 2.24) is 4.98 Å². The number of rotatable bonds is 4. The van der Waals surface area contributed by atoms with E-state index in [0.717, 1.165) is 23.6 Å². The molecule has 3 nitrogen and oxygen atoms in total. The smallest absolute Gasteiger partial charge is 0.0966 e. The fraction of sp³-hybridized carbons (Fsp3) is 0.750. The van der Waals surface area contributed by atoms with Crippen molar-refractivity contribution < 1.29 is 5.11 Å². The minimum Gasteiger partial charge on any atom is -0.387 e. The maximum atomic E-state index is 10.5. The average Bonchev–Trinajstić information content (AvgIpc) is 2.98. The summed E-state index contributed by atoms with van der Waals surface area (Å²) in [7, 11) is 0. The van der Waals surface area contributed by atoms with E-state index in [2.05, 4.69) is 11.9 Å². The van der Waals surface area contributed by atoms with E-state index >= 15 is 0 Å². The highest BCUT2D eigenvalue weighted by atomic mass is 32.1. The quantitative estimate of drug-likeness (QED) is 0.849. The third kappa shape index (κ3) is 2.01. The third-order valence-electron chi connectivity index (χ3n) is 4.03. The molecular weight excluding hydrogens is 220 g/mol. The van der Waals surface area contributed by atoms with Crippen molar-refractivity contribution >= 4 is 11.3 Å². The van der Waals surface area contributed by atoms with Crippen molar-refractivity contribution in [3.63, 3.8) is 0 Å². The molecule has 1 aliphatic carbocycles. The summed E-state index contributed by atoms with van der Waals surface area (Å²) in [6, 6.07) is 0. The van der Waals surface area contributed by atoms with Gasteiger partial charge < -0.3 is 10.8 Å². The van der Waals surface area contributed by atoms with Crippen LogP contribution in [0.15, 0.2) is 11.7 Å². The van der Waals surface area contributed by atoms with Gasteiger partial charge in [-0.1, -0.05) is 13.3 Å². The van der Waals surface area contributed by atoms with Crippen molar-refractivity contribution in [3.8, 4) is 0 Å². The van der Waals surface area contributed by atoms with E-state index in [1.807, 2.05) is 0 Å². The second-order valence-electron chi connectivity index (χ2n) is 4.89. The molecule has 0 spiro atoms. The highest BCUT2D eigenvalue weighted by Crippen LogP contribution is 2.50. The molecular formula is C12H20N2OS. The van der Waals surface area contributed by atoms with E-state index in [9.17, 15) is 5.11 Å². The number of hydrogen-bond acceptors (Lipinski definition) is 4. The Bertz CT molecular complexity index is 328. The first kappa shape index (κ1) is 12.0. The standard InChI is InChI=1S/C12H20N2OS/c1-2-9-3-4-12(5-9,7-13)11(15)10-6-14-8-16-10/h6,8-9,11,15H,2-5,7,13H2,1H3. The van der Waals surface area contributed by atoms with Gasteiger partial charge in [0.15, 0.2) is 0 Å². The van der Waals surface area contributed by atoms with Crippen LogP contribution in [0.5, 0.6) is 0 Å². The molecule has 90 valence electrons. The molecule has 0 amide bonds. The second kappa shape index (κ2) is 4.82. The van der Waals surface area contributed by atoms with Gasteiger partial charge in [0.2, 0.25) is 0 Å². The molecule has 0 saturated heterocycles. The van der Waals surface area contributed by atoms with Crippen LogP contribution < -0.4 is 5.73 Å². The molecule has 0 bridgehead atoms. The lowest BCUT2D eigenvalue weighted by Gasteiger charge is -2.32. The number of nitrogens with zero attached hydrogens (tertiary/aromatic N) is 1. The van der Waals surface area contributed by atoms with Crippen LogP contribution in [0, 0.1) is 11.3 Å². The molecule has 4 heteroatoms. The van der Waals surface area contributed by atoms with Gasteiger partial charge in [-0.15, -0.1) is 11.3 Å². The predicted molar refractivity (Wildman–Crippen MR) is 66.2 cm³/mol. The van der Waals surface area contributed by atoms with E-state index in [0.29, 0.717) is 6.54 Å². The molecule has 0 radical (unpaired) electrons. The Morgan fingerprint density at radius 2 is 2.56 bits per heavy atom. The zero-order valence-electron chi connectivity index (χ0n) is 9.72. The molecule has 3 unspecified atom stereocenters. The van der Waals surface area contributed by atoms with Crippen LogP contribution in [-0.2, 0) is 0 Å². The lowest BCUT2D eigenvalue weighted by molar-refractivity contribution is 0.0328. The maximum Gasteiger partial charge on any atom is 0.0966 e. The first-order valence-corrected chi connectivity index (χ1v) is 6.86. The summed E-state index contributed by atoms with van der Waals surface area (Å²) in [6.07, 6.45) is 5.83. The van der Waals surface area contributed by atoms with Crippen LogP contribution in [-0.4, -0.2) is 16.6 Å². The molecule has 0 aliphatic heterocycles. The van der Waals surface area contributed by atoms with Gasteiger partial charge >= 0.3 is 0 Å². The van der Waals surface area contributed by atoms with Gasteiger partial charge in [0.1, 0.15) is 0 Å². The van der Waals surface area contributed by atoms with E-state index in [4.69, 9.17) is 5.73 Å². The molecule has 16 heavy (non-hydrogen) atoms. The van der Waals surface area contributed by atoms with E-state index < -0.39 is 6.10 Å². The van der Waals surface area contributed by atoms with E-state index in [1.54, 1.807) is 11.7 Å². The van der Waals surface area contributed by atoms with E-state index in [1.165, 1.54) is 24.2 Å². The lowest BCUT2D eigenvalue weighted by atomic mass is 9.79. The zero-order valence-corrected chi connectivity index (χ0v) is 10.5. The van der Waals surface area contributed by atoms with Crippen LogP contribution in [0.2, 0.25) is 0 Å². The summed E-state index contributed by atoms with van der Waals surface area (Å²) in [6.45, 7) is 2.79. The van der Waals surface area contributed by atoms with Crippen molar-refractivity contribution in [1.29, 1.82) is 0 Å². The molecule has 1 fully saturated rings. The molecule has 1 aliphatic rings. The average molecular weight is 240 g/mol. The van der Waals surface area contributed by atoms with Crippen molar-refractivity contribution in [2.24, 2.45) is 17.1 Å². The Hall–Kier alpha value is -0.450. The Kier molecular flexibility index (Phi) is 3.62. The fourth-order valence-electron chi connectivity index (χ4n) is 2.83. The largest absolute Gasteiger partial charge is 0.387 e. The van der Waals surface area contributed by atoms with Crippen molar-refractivity contribution in [2.45, 2.75) is 38.7 Å². The van der Waals surface area contributed by atoms with Crippen molar-refractivity contribution in [2.75, 3.05) is 6.54 Å². The summed E-state index contributed by atoms with van der Waals surface area (Å²) < 4.78 is 0. The highest BCUT2D eigenvalue weighted by molar-refractivity contribution is 7.09. The van der Waals surface area contributed by atoms with Gasteiger partial charge in [-0.3, -0.25) is 4.98 Å². The Labute approximate surface area is 101 Å². The fourth-order valence-corrected chi connectivity index (χ4v) is 3.57. The van der Waals surface area contributed by atoms with Crippen LogP contribution in [0.1, 0.15) is 43.6 Å². The van der Waals surface area contributed by atoms with Crippen molar-refractivity contribution in [3.05, 3.63) is 16.6 Å². The minimum atomic E-state index is -0.429. The first-order valence-electron chi connectivity index (χ1n) is 5.98. The second-order valence-corrected chi connectivity index (χ2v) is 5.81. The highest BCUT2D eigenvalue weighted by Gasteiger charge is 2.44. The number of nitrogens with two attached hydrogens (primary N) is 1. The summed E-state index contributed by atoms with van der Waals surface area (Å²) in [4.78, 5) is 5.00. The lowest BCUT2D eigenvalue weighted by Crippen LogP contribution is -2.34. The summed E-state index contributed by atoms with van der Waals surface area (Å²) in [5.74, 6) is 0.728. The Morgan fingerprint density at radius 3 is 3.06 bits per heavy atom. The molecule has 3 N–H and O–H groups in total. The Balaban J connectivity index is 2.16. The minimum absolute atomic E-state index is 0.104. The van der Waals surface area contributed by atoms with Gasteiger partial charge in [-0.05, 0) is 25.2 Å². The number of thiazole rings is 1. The van der Waals surface area contributed by atoms with Gasteiger partial charge in [-0.25, -0.2) is 0 Å². The summed E-state index contributed by atoms with van der Waals surface area (Å²) in [5.41, 5.74) is 7.59. The molecule has 0 aromatic carbocycles. The molecule has 2 rings (SSSR count). The molecule has 1 aromatic rings. The monoisotopic (exact) mass is 240 g/mol. The molecule has 3 atom stereocenters. The normalized spacial score (nSPS) is 31.8. The van der Waals surface area contributed by atoms with Gasteiger partial charge in [0.25, 0.3) is 0 Å². The number of aliphatic hydroxyl groups is 1. The summed E-state index contributed by atoms with van der Waals surface area (Å²) in [5, 5.41) is 10.5. The zero-order chi connectivity index (χ0) is 11.6. The van der Waals surface area contributed by atoms with Gasteiger partial charge in [-0.2, -0.15) is 0 Å². The van der Waals surface area contributed by atoms with Crippen LogP contribution in [0.4, 0.5) is 0 Å². The number of aromatic nitrogens is 1. The van der Waals surface area contributed by atoms with E-state index in [-0.39, 0.29) is 5.41 Å². The number of hydrogen-bond donors (Lipinski definition) is 2.